The Morgan fingerprint density at radius 3 is 2.75 bits per heavy atom. The molecule has 0 saturated heterocycles. The van der Waals surface area contributed by atoms with Gasteiger partial charge in [-0.2, -0.15) is 0 Å². The fraction of sp³-hybridized carbons (Fsp3) is 0.312. The topological polar surface area (TPSA) is 43.1 Å². The molecule has 0 unspecified atom stereocenters. The van der Waals surface area contributed by atoms with E-state index in [0.29, 0.717) is 16.3 Å². The summed E-state index contributed by atoms with van der Waals surface area (Å²) < 4.78 is 0. The first-order valence-electron chi connectivity index (χ1n) is 6.86. The molecule has 104 valence electrons. The normalized spacial score (nSPS) is 14.7. The average Bonchev–Trinajstić information content (AvgIpc) is 2.72. The van der Waals surface area contributed by atoms with E-state index < -0.39 is 0 Å². The van der Waals surface area contributed by atoms with Crippen LogP contribution in [0.2, 0.25) is 5.02 Å². The molecule has 1 heterocycles. The summed E-state index contributed by atoms with van der Waals surface area (Å²) >= 11 is 7.63. The van der Waals surface area contributed by atoms with Crippen LogP contribution >= 0.6 is 22.9 Å². The van der Waals surface area contributed by atoms with Crippen LogP contribution in [0.25, 0.3) is 0 Å². The number of hydrogen-bond donors (Lipinski definition) is 1. The van der Waals surface area contributed by atoms with Crippen molar-refractivity contribution < 1.29 is 4.79 Å². The molecule has 20 heavy (non-hydrogen) atoms. The monoisotopic (exact) mass is 305 g/mol. The summed E-state index contributed by atoms with van der Waals surface area (Å²) in [4.78, 5) is 14.7. The number of nitrogens with two attached hydrogens (primary N) is 1. The highest BCUT2D eigenvalue weighted by Gasteiger charge is 2.18. The Morgan fingerprint density at radius 2 is 1.95 bits per heavy atom. The number of carbonyl (C=O) groups excluding carboxylic acids is 1. The molecule has 0 bridgehead atoms. The van der Waals surface area contributed by atoms with Gasteiger partial charge in [0.15, 0.2) is 0 Å². The molecule has 0 saturated carbocycles. The number of rotatable bonds is 2. The highest BCUT2D eigenvalue weighted by atomic mass is 35.5. The molecule has 2 aromatic rings. The number of fused-ring (bicyclic) bond motifs is 1. The minimum Gasteiger partial charge on any atom is -0.398 e. The maximum atomic E-state index is 12.5. The summed E-state index contributed by atoms with van der Waals surface area (Å²) in [6, 6.07) is 7.16. The average molecular weight is 306 g/mol. The van der Waals surface area contributed by atoms with Gasteiger partial charge in [-0.05, 0) is 55.5 Å². The quantitative estimate of drug-likeness (QED) is 0.505. The molecule has 0 spiro atoms. The summed E-state index contributed by atoms with van der Waals surface area (Å²) in [5.74, 6) is 0.0463. The lowest BCUT2D eigenvalue weighted by atomic mass is 10.1. The maximum Gasteiger partial charge on any atom is 0.203 e. The summed E-state index contributed by atoms with van der Waals surface area (Å²) in [7, 11) is 0. The first-order valence-corrected chi connectivity index (χ1v) is 8.06. The minimum atomic E-state index is 0.0463. The highest BCUT2D eigenvalue weighted by Crippen LogP contribution is 2.31. The molecular formula is C16H16ClNOS. The van der Waals surface area contributed by atoms with Gasteiger partial charge >= 0.3 is 0 Å². The molecule has 0 aliphatic heterocycles. The van der Waals surface area contributed by atoms with Gasteiger partial charge in [0.1, 0.15) is 0 Å². The van der Waals surface area contributed by atoms with Crippen LogP contribution < -0.4 is 5.73 Å². The molecule has 0 atom stereocenters. The van der Waals surface area contributed by atoms with Crippen molar-refractivity contribution >= 4 is 34.4 Å². The van der Waals surface area contributed by atoms with E-state index in [1.807, 2.05) is 0 Å². The van der Waals surface area contributed by atoms with Gasteiger partial charge in [0.2, 0.25) is 5.78 Å². The van der Waals surface area contributed by atoms with Gasteiger partial charge < -0.3 is 5.73 Å². The van der Waals surface area contributed by atoms with E-state index in [1.54, 1.807) is 29.5 Å². The molecule has 1 aliphatic carbocycles. The van der Waals surface area contributed by atoms with Crippen molar-refractivity contribution in [2.75, 3.05) is 5.73 Å². The number of carbonyl (C=O) groups is 1. The zero-order valence-electron chi connectivity index (χ0n) is 11.1. The van der Waals surface area contributed by atoms with Crippen molar-refractivity contribution in [1.29, 1.82) is 0 Å². The number of halogens is 1. The lowest BCUT2D eigenvalue weighted by Gasteiger charge is -2.01. The Kier molecular flexibility index (Phi) is 3.81. The van der Waals surface area contributed by atoms with Crippen LogP contribution in [0.3, 0.4) is 0 Å². The Labute approximate surface area is 127 Å². The maximum absolute atomic E-state index is 12.5. The molecule has 2 N–H and O–H groups in total. The molecule has 4 heteroatoms. The molecule has 1 aliphatic rings. The van der Waals surface area contributed by atoms with Crippen LogP contribution in [0, 0.1) is 0 Å². The highest BCUT2D eigenvalue weighted by molar-refractivity contribution is 7.14. The zero-order valence-corrected chi connectivity index (χ0v) is 12.7. The largest absolute Gasteiger partial charge is 0.398 e. The summed E-state index contributed by atoms with van der Waals surface area (Å²) in [5, 5.41) is 0.439. The number of hydrogen-bond acceptors (Lipinski definition) is 3. The van der Waals surface area contributed by atoms with Crippen LogP contribution in [0.4, 0.5) is 5.69 Å². The van der Waals surface area contributed by atoms with E-state index in [2.05, 4.69) is 6.07 Å². The Hall–Kier alpha value is -1.32. The fourth-order valence-corrected chi connectivity index (χ4v) is 3.99. The van der Waals surface area contributed by atoms with Gasteiger partial charge in [0.25, 0.3) is 0 Å². The van der Waals surface area contributed by atoms with E-state index in [4.69, 9.17) is 17.3 Å². The third kappa shape index (κ3) is 2.60. The summed E-state index contributed by atoms with van der Waals surface area (Å²) in [6.45, 7) is 0. The van der Waals surface area contributed by atoms with Gasteiger partial charge in [0.05, 0.1) is 15.6 Å². The second-order valence-electron chi connectivity index (χ2n) is 5.19. The van der Waals surface area contributed by atoms with Gasteiger partial charge in [-0.1, -0.05) is 18.0 Å². The van der Waals surface area contributed by atoms with Crippen molar-refractivity contribution in [3.63, 3.8) is 0 Å². The van der Waals surface area contributed by atoms with Crippen molar-refractivity contribution in [1.82, 2.24) is 0 Å². The van der Waals surface area contributed by atoms with Crippen molar-refractivity contribution in [3.05, 3.63) is 50.2 Å². The van der Waals surface area contributed by atoms with E-state index in [1.165, 1.54) is 29.7 Å². The Morgan fingerprint density at radius 1 is 1.15 bits per heavy atom. The Bertz CT molecular complexity index is 639. The number of nitrogen functional groups attached to an aromatic ring is 1. The van der Waals surface area contributed by atoms with Crippen LogP contribution in [-0.2, 0) is 12.8 Å². The first-order chi connectivity index (χ1) is 9.65. The molecule has 0 fully saturated rings. The van der Waals surface area contributed by atoms with Gasteiger partial charge in [-0.25, -0.2) is 0 Å². The lowest BCUT2D eigenvalue weighted by Crippen LogP contribution is -1.99. The molecule has 3 rings (SSSR count). The lowest BCUT2D eigenvalue weighted by molar-refractivity contribution is 0.104. The fourth-order valence-electron chi connectivity index (χ4n) is 2.59. The van der Waals surface area contributed by atoms with Gasteiger partial charge in [0, 0.05) is 10.4 Å². The van der Waals surface area contributed by atoms with E-state index in [-0.39, 0.29) is 5.78 Å². The van der Waals surface area contributed by atoms with Crippen LogP contribution in [-0.4, -0.2) is 5.78 Å². The smallest absolute Gasteiger partial charge is 0.203 e. The first kappa shape index (κ1) is 13.7. The summed E-state index contributed by atoms with van der Waals surface area (Å²) in [6.07, 6.45) is 5.95. The van der Waals surface area contributed by atoms with Crippen molar-refractivity contribution in [2.45, 2.75) is 32.1 Å². The number of thiophene rings is 1. The molecule has 0 amide bonds. The third-order valence-electron chi connectivity index (χ3n) is 3.73. The number of ketones is 1. The standard InChI is InChI=1S/C16H16ClNOS/c17-12-8-11(6-7-13(12)18)16(19)15-9-10-4-2-1-3-5-14(10)20-15/h6-9H,1-5,18H2. The van der Waals surface area contributed by atoms with Gasteiger partial charge in [-0.3, -0.25) is 4.79 Å². The molecule has 1 aromatic carbocycles. The van der Waals surface area contributed by atoms with Crippen molar-refractivity contribution in [2.24, 2.45) is 0 Å². The van der Waals surface area contributed by atoms with Crippen LogP contribution in [0.15, 0.2) is 24.3 Å². The number of aryl methyl sites for hydroxylation is 2. The van der Waals surface area contributed by atoms with Crippen LogP contribution in [0.1, 0.15) is 44.9 Å². The van der Waals surface area contributed by atoms with Crippen LogP contribution in [0.5, 0.6) is 0 Å². The van der Waals surface area contributed by atoms with Crippen molar-refractivity contribution in [3.8, 4) is 0 Å². The van der Waals surface area contributed by atoms with E-state index in [9.17, 15) is 4.79 Å². The zero-order chi connectivity index (χ0) is 14.1. The minimum absolute atomic E-state index is 0.0463. The molecule has 1 aromatic heterocycles. The van der Waals surface area contributed by atoms with E-state index in [0.717, 1.165) is 17.7 Å². The number of benzene rings is 1. The molecule has 0 radical (unpaired) electrons. The SMILES string of the molecule is Nc1ccc(C(=O)c2cc3c(s2)CCCCC3)cc1Cl. The molecular weight excluding hydrogens is 290 g/mol. The second kappa shape index (κ2) is 5.58. The summed E-state index contributed by atoms with van der Waals surface area (Å²) in [5.41, 5.74) is 8.16. The predicted octanol–water partition coefficient (Wildman–Crippen LogP) is 4.48. The van der Waals surface area contributed by atoms with E-state index >= 15 is 0 Å². The number of anilines is 1. The third-order valence-corrected chi connectivity index (χ3v) is 5.30. The predicted molar refractivity (Wildman–Crippen MR) is 84.9 cm³/mol. The second-order valence-corrected chi connectivity index (χ2v) is 6.73. The Balaban J connectivity index is 1.92. The molecule has 2 nitrogen and oxygen atoms in total. The van der Waals surface area contributed by atoms with Gasteiger partial charge in [-0.15, -0.1) is 11.3 Å².